The van der Waals surface area contributed by atoms with Crippen molar-refractivity contribution < 1.29 is 17.1 Å². The third kappa shape index (κ3) is 1.79. The second-order valence-corrected chi connectivity index (χ2v) is 4.39. The Morgan fingerprint density at radius 1 is 0.733 bits per heavy atom. The molecule has 0 aliphatic rings. The average Bonchev–Trinajstić information content (AvgIpc) is 2.29. The van der Waals surface area contributed by atoms with Gasteiger partial charge in [0.15, 0.2) is 0 Å². The van der Waals surface area contributed by atoms with E-state index in [2.05, 4.69) is 54.3 Å². The maximum atomic E-state index is 2.22. The Bertz CT molecular complexity index is 550. The van der Waals surface area contributed by atoms with Gasteiger partial charge in [-0.1, -0.05) is 50.7 Å². The van der Waals surface area contributed by atoms with Crippen LogP contribution in [0.4, 0.5) is 0 Å². The summed E-state index contributed by atoms with van der Waals surface area (Å²) in [5.74, 6) is 2.18. The molecule has 0 saturated carbocycles. The summed E-state index contributed by atoms with van der Waals surface area (Å²) >= 11 is 0. The monoisotopic (exact) mass is 252 g/mol. The molecule has 0 N–H and O–H groups in total. The summed E-state index contributed by atoms with van der Waals surface area (Å²) in [6.07, 6.45) is 0. The molecule has 0 amide bonds. The molecule has 0 unspecified atom stereocenters. The van der Waals surface area contributed by atoms with Gasteiger partial charge in [0.2, 0.25) is 0 Å². The van der Waals surface area contributed by atoms with Gasteiger partial charge in [-0.05, 0) is 28.0 Å². The molecule has 3 aromatic rings. The molecule has 0 fully saturated rings. The average molecular weight is 252 g/mol. The van der Waals surface area contributed by atoms with E-state index in [1.54, 1.807) is 0 Å². The van der Waals surface area contributed by atoms with Crippen molar-refractivity contribution in [2.24, 2.45) is 0 Å². The second kappa shape index (κ2) is 4.33. The number of benzene rings is 2. The largest absolute Gasteiger partial charge is 0.0678 e. The van der Waals surface area contributed by atoms with Gasteiger partial charge in [0, 0.05) is 22.2 Å². The van der Waals surface area contributed by atoms with Gasteiger partial charge in [-0.15, -0.1) is 0 Å². The van der Waals surface area contributed by atoms with E-state index in [0.29, 0.717) is 0 Å². The summed E-state index contributed by atoms with van der Waals surface area (Å²) in [4.78, 5) is 0. The molecule has 0 atom stereocenters. The van der Waals surface area contributed by atoms with Crippen LogP contribution in [0, 0.1) is 0 Å². The molecular formula is C13H9FeP. The number of hydrogen-bond donors (Lipinski definition) is 0. The third-order valence-electron chi connectivity index (χ3n) is 2.51. The van der Waals surface area contributed by atoms with Crippen LogP contribution in [0.25, 0.3) is 21.3 Å². The minimum Gasteiger partial charge on any atom is -0.0678 e. The SMILES string of the molecule is [Fe].c1ccc2c(c1)ccc1pcccc12. The first-order valence-corrected chi connectivity index (χ1v) is 5.64. The van der Waals surface area contributed by atoms with Crippen molar-refractivity contribution in [1.29, 1.82) is 0 Å². The first-order chi connectivity index (χ1) is 6.95. The maximum absolute atomic E-state index is 2.22. The van der Waals surface area contributed by atoms with Crippen LogP contribution in [0.3, 0.4) is 0 Å². The zero-order valence-corrected chi connectivity index (χ0v) is 10.00. The van der Waals surface area contributed by atoms with Gasteiger partial charge in [-0.2, -0.15) is 0 Å². The quantitative estimate of drug-likeness (QED) is 0.406. The number of rotatable bonds is 0. The van der Waals surface area contributed by atoms with E-state index in [1.165, 1.54) is 29.5 Å². The van der Waals surface area contributed by atoms with Crippen LogP contribution < -0.4 is 0 Å². The smallest absolute Gasteiger partial charge is 0.00966 e. The van der Waals surface area contributed by atoms with Crippen molar-refractivity contribution in [1.82, 2.24) is 0 Å². The van der Waals surface area contributed by atoms with E-state index in [9.17, 15) is 0 Å². The molecule has 2 aromatic carbocycles. The predicted molar refractivity (Wildman–Crippen MR) is 64.0 cm³/mol. The van der Waals surface area contributed by atoms with E-state index in [-0.39, 0.29) is 17.1 Å². The minimum atomic E-state index is 0. The van der Waals surface area contributed by atoms with Gasteiger partial charge in [0.25, 0.3) is 0 Å². The number of fused-ring (bicyclic) bond motifs is 3. The Morgan fingerprint density at radius 2 is 1.53 bits per heavy atom. The van der Waals surface area contributed by atoms with Crippen LogP contribution in [0.5, 0.6) is 0 Å². The van der Waals surface area contributed by atoms with Gasteiger partial charge in [-0.25, -0.2) is 0 Å². The van der Waals surface area contributed by atoms with Crippen LogP contribution in [0.15, 0.2) is 54.3 Å². The predicted octanol–water partition coefficient (Wildman–Crippen LogP) is 4.57. The fourth-order valence-electron chi connectivity index (χ4n) is 1.83. The maximum Gasteiger partial charge on any atom is 0.00966 e. The van der Waals surface area contributed by atoms with Crippen molar-refractivity contribution >= 4 is 29.5 Å². The summed E-state index contributed by atoms with van der Waals surface area (Å²) in [5, 5.41) is 5.48. The molecule has 0 bridgehead atoms. The van der Waals surface area contributed by atoms with Gasteiger partial charge >= 0.3 is 0 Å². The summed E-state index contributed by atoms with van der Waals surface area (Å²) in [6.45, 7) is 0. The molecule has 1 aromatic heterocycles. The summed E-state index contributed by atoms with van der Waals surface area (Å²) < 4.78 is 0. The fourth-order valence-corrected chi connectivity index (χ4v) is 2.66. The van der Waals surface area contributed by atoms with Crippen molar-refractivity contribution in [2.45, 2.75) is 0 Å². The summed E-state index contributed by atoms with van der Waals surface area (Å²) in [7, 11) is 1.31. The Kier molecular flexibility index (Phi) is 3.07. The molecule has 0 saturated heterocycles. The van der Waals surface area contributed by atoms with E-state index in [1.807, 2.05) is 0 Å². The normalized spacial score (nSPS) is 10.7. The molecule has 0 radical (unpaired) electrons. The Labute approximate surface area is 101 Å². The Balaban J connectivity index is 0.000000853. The molecule has 0 nitrogen and oxygen atoms in total. The van der Waals surface area contributed by atoms with E-state index in [4.69, 9.17) is 0 Å². The standard InChI is InChI=1S/C13H9P.Fe/c1-2-5-11-10(4-1)7-8-13-12(11)6-3-9-14-13;/h1-9H;. The van der Waals surface area contributed by atoms with Gasteiger partial charge in [0.05, 0.1) is 0 Å². The Hall–Kier alpha value is -0.871. The van der Waals surface area contributed by atoms with Crippen molar-refractivity contribution in [3.63, 3.8) is 0 Å². The molecule has 74 valence electrons. The van der Waals surface area contributed by atoms with Crippen molar-refractivity contribution in [3.05, 3.63) is 54.3 Å². The van der Waals surface area contributed by atoms with E-state index >= 15 is 0 Å². The van der Waals surface area contributed by atoms with Crippen LogP contribution in [-0.2, 0) is 17.1 Å². The second-order valence-electron chi connectivity index (χ2n) is 3.36. The molecule has 3 rings (SSSR count). The van der Waals surface area contributed by atoms with E-state index < -0.39 is 0 Å². The summed E-state index contributed by atoms with van der Waals surface area (Å²) in [5.41, 5.74) is 0. The van der Waals surface area contributed by atoms with Crippen LogP contribution in [0.1, 0.15) is 0 Å². The molecule has 2 heteroatoms. The molecular weight excluding hydrogens is 243 g/mol. The molecule has 15 heavy (non-hydrogen) atoms. The van der Waals surface area contributed by atoms with E-state index in [0.717, 1.165) is 0 Å². The Morgan fingerprint density at radius 3 is 2.47 bits per heavy atom. The third-order valence-corrected chi connectivity index (χ3v) is 3.50. The topological polar surface area (TPSA) is 0 Å². The number of hydrogen-bond acceptors (Lipinski definition) is 0. The van der Waals surface area contributed by atoms with Gasteiger partial charge in [0.1, 0.15) is 0 Å². The van der Waals surface area contributed by atoms with Gasteiger partial charge in [-0.3, -0.25) is 0 Å². The minimum absolute atomic E-state index is 0. The van der Waals surface area contributed by atoms with Gasteiger partial charge < -0.3 is 0 Å². The zero-order valence-electron chi connectivity index (χ0n) is 8.00. The molecule has 0 aliphatic carbocycles. The molecule has 0 spiro atoms. The fraction of sp³-hybridized carbons (Fsp3) is 0. The van der Waals surface area contributed by atoms with Crippen molar-refractivity contribution in [2.75, 3.05) is 0 Å². The zero-order chi connectivity index (χ0) is 9.38. The van der Waals surface area contributed by atoms with Crippen molar-refractivity contribution in [3.8, 4) is 0 Å². The van der Waals surface area contributed by atoms with Crippen LogP contribution in [0.2, 0.25) is 0 Å². The molecule has 1 heterocycles. The van der Waals surface area contributed by atoms with Crippen LogP contribution in [-0.4, -0.2) is 0 Å². The first kappa shape index (κ1) is 10.6. The van der Waals surface area contributed by atoms with Crippen LogP contribution >= 0.6 is 8.19 Å². The summed E-state index contributed by atoms with van der Waals surface area (Å²) in [6, 6.07) is 17.3. The first-order valence-electron chi connectivity index (χ1n) is 4.68. The molecule has 0 aliphatic heterocycles.